The molecule has 0 amide bonds. The third kappa shape index (κ3) is 5.21. The highest BCUT2D eigenvalue weighted by Gasteiger charge is 2.22. The molecule has 0 heterocycles. The number of anilines is 1. The van der Waals surface area contributed by atoms with E-state index in [0.29, 0.717) is 5.02 Å². The van der Waals surface area contributed by atoms with Gasteiger partial charge in [0.1, 0.15) is 5.84 Å². The van der Waals surface area contributed by atoms with Crippen LogP contribution in [0, 0.1) is 5.41 Å². The quantitative estimate of drug-likeness (QED) is 0.220. The Morgan fingerprint density at radius 2 is 2.15 bits per heavy atom. The molecule has 4 nitrogen and oxygen atoms in total. The van der Waals surface area contributed by atoms with E-state index in [4.69, 9.17) is 22.5 Å². The van der Waals surface area contributed by atoms with E-state index in [0.717, 1.165) is 36.0 Å². The second-order valence-corrected chi connectivity index (χ2v) is 6.70. The van der Waals surface area contributed by atoms with Crippen molar-refractivity contribution in [2.45, 2.75) is 33.1 Å². The summed E-state index contributed by atoms with van der Waals surface area (Å²) in [5.74, 6) is 0.278. The molecule has 0 spiro atoms. The molecule has 0 aliphatic rings. The number of hydrogen-bond donors (Lipinski definition) is 3. The van der Waals surface area contributed by atoms with Crippen LogP contribution in [-0.4, -0.2) is 17.6 Å². The molecule has 1 aromatic carbocycles. The number of unbranched alkanes of at least 4 members (excludes halogenated alkanes) is 1. The van der Waals surface area contributed by atoms with Crippen molar-refractivity contribution in [3.8, 4) is 0 Å². The Morgan fingerprint density at radius 3 is 2.80 bits per heavy atom. The summed E-state index contributed by atoms with van der Waals surface area (Å²) < 4.78 is 0.998. The van der Waals surface area contributed by atoms with Gasteiger partial charge in [0.05, 0.1) is 10.7 Å². The standard InChI is InChI=1S/C14H21BrClN3O/c1-14(2,13(17)19-20)7-3-4-8-18-12-9-10(15)5-6-11(12)16/h5-6,9,18,20H,3-4,7-8H2,1-2H3,(H2,17,19). The Bertz CT molecular complexity index is 477. The fourth-order valence-electron chi connectivity index (χ4n) is 1.81. The van der Waals surface area contributed by atoms with Gasteiger partial charge in [0, 0.05) is 16.4 Å². The maximum Gasteiger partial charge on any atom is 0.144 e. The zero-order chi connectivity index (χ0) is 15.2. The van der Waals surface area contributed by atoms with Crippen molar-refractivity contribution in [1.82, 2.24) is 0 Å². The molecule has 0 bridgehead atoms. The van der Waals surface area contributed by atoms with E-state index in [2.05, 4.69) is 26.4 Å². The van der Waals surface area contributed by atoms with E-state index < -0.39 is 0 Å². The van der Waals surface area contributed by atoms with Gasteiger partial charge in [-0.05, 0) is 31.0 Å². The number of nitrogens with two attached hydrogens (primary N) is 1. The molecule has 0 fully saturated rings. The van der Waals surface area contributed by atoms with Crippen LogP contribution in [0.2, 0.25) is 5.02 Å². The van der Waals surface area contributed by atoms with Gasteiger partial charge in [-0.25, -0.2) is 0 Å². The summed E-state index contributed by atoms with van der Waals surface area (Å²) in [6, 6.07) is 5.73. The Balaban J connectivity index is 2.34. The zero-order valence-electron chi connectivity index (χ0n) is 11.8. The number of amidine groups is 1. The van der Waals surface area contributed by atoms with E-state index in [1.165, 1.54) is 0 Å². The Hall–Kier alpha value is -0.940. The van der Waals surface area contributed by atoms with Gasteiger partial charge in [0.15, 0.2) is 0 Å². The predicted molar refractivity (Wildman–Crippen MR) is 88.7 cm³/mol. The van der Waals surface area contributed by atoms with Crippen LogP contribution in [-0.2, 0) is 0 Å². The molecule has 0 saturated heterocycles. The number of benzene rings is 1. The minimum Gasteiger partial charge on any atom is -0.409 e. The molecule has 1 aromatic rings. The fraction of sp³-hybridized carbons (Fsp3) is 0.500. The second kappa shape index (κ2) is 7.74. The second-order valence-electron chi connectivity index (χ2n) is 5.38. The molecule has 20 heavy (non-hydrogen) atoms. The Morgan fingerprint density at radius 1 is 1.45 bits per heavy atom. The maximum atomic E-state index is 8.71. The number of nitrogens with one attached hydrogen (secondary N) is 1. The molecule has 112 valence electrons. The molecule has 4 N–H and O–H groups in total. The molecule has 1 rings (SSSR count). The molecule has 0 aromatic heterocycles. The maximum absolute atomic E-state index is 8.71. The summed E-state index contributed by atoms with van der Waals surface area (Å²) in [6.45, 7) is 4.78. The lowest BCUT2D eigenvalue weighted by molar-refractivity contribution is 0.304. The summed E-state index contributed by atoms with van der Waals surface area (Å²) in [5, 5.41) is 15.8. The molecule has 0 atom stereocenters. The van der Waals surface area contributed by atoms with Crippen molar-refractivity contribution in [3.05, 3.63) is 27.7 Å². The van der Waals surface area contributed by atoms with Crippen LogP contribution < -0.4 is 11.1 Å². The first kappa shape index (κ1) is 17.1. The van der Waals surface area contributed by atoms with Crippen LogP contribution in [0.3, 0.4) is 0 Å². The van der Waals surface area contributed by atoms with Crippen LogP contribution in [0.4, 0.5) is 5.69 Å². The van der Waals surface area contributed by atoms with Crippen molar-refractivity contribution < 1.29 is 5.21 Å². The number of rotatable bonds is 7. The summed E-state index contributed by atoms with van der Waals surface area (Å²) in [4.78, 5) is 0. The number of oxime groups is 1. The monoisotopic (exact) mass is 361 g/mol. The molecule has 0 saturated carbocycles. The van der Waals surface area contributed by atoms with Gasteiger partial charge in [0.2, 0.25) is 0 Å². The topological polar surface area (TPSA) is 70.6 Å². The van der Waals surface area contributed by atoms with Crippen molar-refractivity contribution in [2.75, 3.05) is 11.9 Å². The Kier molecular flexibility index (Phi) is 6.62. The highest BCUT2D eigenvalue weighted by molar-refractivity contribution is 9.10. The smallest absolute Gasteiger partial charge is 0.144 e. The lowest BCUT2D eigenvalue weighted by Gasteiger charge is -2.22. The van der Waals surface area contributed by atoms with E-state index in [1.807, 2.05) is 32.0 Å². The van der Waals surface area contributed by atoms with Crippen molar-refractivity contribution in [1.29, 1.82) is 0 Å². The van der Waals surface area contributed by atoms with Gasteiger partial charge >= 0.3 is 0 Å². The van der Waals surface area contributed by atoms with E-state index >= 15 is 0 Å². The summed E-state index contributed by atoms with van der Waals surface area (Å²) >= 11 is 9.52. The minimum absolute atomic E-state index is 0.276. The van der Waals surface area contributed by atoms with E-state index in [1.54, 1.807) is 0 Å². The largest absolute Gasteiger partial charge is 0.409 e. The first-order valence-corrected chi connectivity index (χ1v) is 7.71. The normalized spacial score (nSPS) is 12.5. The summed E-state index contributed by atoms with van der Waals surface area (Å²) in [7, 11) is 0. The molecule has 0 unspecified atom stereocenters. The zero-order valence-corrected chi connectivity index (χ0v) is 14.1. The van der Waals surface area contributed by atoms with Crippen LogP contribution >= 0.6 is 27.5 Å². The molecule has 6 heteroatoms. The molecular formula is C14H21BrClN3O. The summed E-state index contributed by atoms with van der Waals surface area (Å²) in [5.41, 5.74) is 6.31. The van der Waals surface area contributed by atoms with Gasteiger partial charge in [0.25, 0.3) is 0 Å². The van der Waals surface area contributed by atoms with Gasteiger partial charge < -0.3 is 16.3 Å². The van der Waals surface area contributed by atoms with Crippen molar-refractivity contribution >= 4 is 39.1 Å². The van der Waals surface area contributed by atoms with Crippen LogP contribution in [0.1, 0.15) is 33.1 Å². The van der Waals surface area contributed by atoms with E-state index in [9.17, 15) is 0 Å². The van der Waals surface area contributed by atoms with Crippen molar-refractivity contribution in [2.24, 2.45) is 16.3 Å². The minimum atomic E-state index is -0.276. The average molecular weight is 363 g/mol. The highest BCUT2D eigenvalue weighted by Crippen LogP contribution is 2.26. The molecular weight excluding hydrogens is 342 g/mol. The first-order valence-electron chi connectivity index (χ1n) is 6.54. The Labute approximate surface area is 133 Å². The van der Waals surface area contributed by atoms with Crippen LogP contribution in [0.15, 0.2) is 27.8 Å². The SMILES string of the molecule is CC(C)(CCCCNc1cc(Br)ccc1Cl)/C(N)=N/O. The lowest BCUT2D eigenvalue weighted by Crippen LogP contribution is -2.31. The van der Waals surface area contributed by atoms with Gasteiger partial charge in [-0.15, -0.1) is 0 Å². The van der Waals surface area contributed by atoms with Crippen LogP contribution in [0.5, 0.6) is 0 Å². The lowest BCUT2D eigenvalue weighted by atomic mass is 9.86. The number of halogens is 2. The highest BCUT2D eigenvalue weighted by atomic mass is 79.9. The first-order chi connectivity index (χ1) is 9.36. The third-order valence-corrected chi connectivity index (χ3v) is 4.10. The number of hydrogen-bond acceptors (Lipinski definition) is 3. The average Bonchev–Trinajstić information content (AvgIpc) is 2.41. The summed E-state index contributed by atoms with van der Waals surface area (Å²) in [6.07, 6.45) is 2.85. The molecule has 0 aliphatic carbocycles. The number of nitrogens with zero attached hydrogens (tertiary/aromatic N) is 1. The predicted octanol–water partition coefficient (Wildman–Crippen LogP) is 4.46. The molecule has 0 aliphatic heterocycles. The third-order valence-electron chi connectivity index (χ3n) is 3.27. The molecule has 0 radical (unpaired) electrons. The van der Waals surface area contributed by atoms with Crippen molar-refractivity contribution in [3.63, 3.8) is 0 Å². The fourth-order valence-corrected chi connectivity index (χ4v) is 2.36. The van der Waals surface area contributed by atoms with Gasteiger partial charge in [-0.3, -0.25) is 0 Å². The van der Waals surface area contributed by atoms with Crippen LogP contribution in [0.25, 0.3) is 0 Å². The van der Waals surface area contributed by atoms with Gasteiger partial charge in [-0.1, -0.05) is 53.0 Å². The van der Waals surface area contributed by atoms with Gasteiger partial charge in [-0.2, -0.15) is 0 Å². The van der Waals surface area contributed by atoms with E-state index in [-0.39, 0.29) is 11.3 Å².